The van der Waals surface area contributed by atoms with Crippen LogP contribution in [0.15, 0.2) is 59.6 Å². The van der Waals surface area contributed by atoms with Crippen LogP contribution in [-0.4, -0.2) is 53.4 Å². The van der Waals surface area contributed by atoms with Crippen LogP contribution in [0.1, 0.15) is 21.5 Å². The second-order valence-corrected chi connectivity index (χ2v) is 9.50. The highest BCUT2D eigenvalue weighted by molar-refractivity contribution is 7.92. The number of carbonyl (C=O) groups is 2. The minimum absolute atomic E-state index is 0.0122. The predicted molar refractivity (Wildman–Crippen MR) is 121 cm³/mol. The SMILES string of the molecule is Cc1ccc(S(=O)(=O)N(C)c2c(C(=O)NC(Cc3ccc(O)cc3)C(=O)O)cnn2C)cc1. The molecule has 0 radical (unpaired) electrons. The van der Waals surface area contributed by atoms with E-state index in [1.54, 1.807) is 24.3 Å². The zero-order valence-corrected chi connectivity index (χ0v) is 19.1. The predicted octanol–water partition coefficient (Wildman–Crippen LogP) is 1.68. The first kappa shape index (κ1) is 23.8. The van der Waals surface area contributed by atoms with Gasteiger partial charge < -0.3 is 15.5 Å². The van der Waals surface area contributed by atoms with E-state index >= 15 is 0 Å². The Morgan fingerprint density at radius 2 is 1.73 bits per heavy atom. The molecule has 10 nitrogen and oxygen atoms in total. The molecule has 0 fully saturated rings. The molecule has 0 bridgehead atoms. The van der Waals surface area contributed by atoms with E-state index in [1.165, 1.54) is 49.2 Å². The highest BCUT2D eigenvalue weighted by Crippen LogP contribution is 2.25. The van der Waals surface area contributed by atoms with Crippen molar-refractivity contribution >= 4 is 27.7 Å². The fraction of sp³-hybridized carbons (Fsp3) is 0.227. The Bertz CT molecular complexity index is 1270. The van der Waals surface area contributed by atoms with Gasteiger partial charge in [-0.1, -0.05) is 29.8 Å². The highest BCUT2D eigenvalue weighted by atomic mass is 32.2. The number of rotatable bonds is 8. The lowest BCUT2D eigenvalue weighted by Crippen LogP contribution is -2.43. The van der Waals surface area contributed by atoms with Gasteiger partial charge in [-0.3, -0.25) is 13.8 Å². The summed E-state index contributed by atoms with van der Waals surface area (Å²) in [5.41, 5.74) is 1.39. The first-order chi connectivity index (χ1) is 15.5. The number of hydrogen-bond acceptors (Lipinski definition) is 6. The van der Waals surface area contributed by atoms with Crippen LogP contribution >= 0.6 is 0 Å². The summed E-state index contributed by atoms with van der Waals surface area (Å²) in [5.74, 6) is -2.02. The number of phenols is 1. The van der Waals surface area contributed by atoms with Crippen LogP contribution in [0.25, 0.3) is 0 Å². The number of aromatic nitrogens is 2. The number of anilines is 1. The van der Waals surface area contributed by atoms with Crippen molar-refractivity contribution in [3.63, 3.8) is 0 Å². The Kier molecular flexibility index (Phi) is 6.73. The molecular weight excluding hydrogens is 448 g/mol. The van der Waals surface area contributed by atoms with Crippen molar-refractivity contribution in [1.82, 2.24) is 15.1 Å². The maximum atomic E-state index is 13.1. The topological polar surface area (TPSA) is 142 Å². The molecule has 11 heteroatoms. The molecule has 3 aromatic rings. The Labute approximate surface area is 191 Å². The number of phenolic OH excluding ortho intramolecular Hbond substituents is 1. The lowest BCUT2D eigenvalue weighted by Gasteiger charge is -2.21. The first-order valence-electron chi connectivity index (χ1n) is 9.90. The Morgan fingerprint density at radius 3 is 2.30 bits per heavy atom. The Morgan fingerprint density at radius 1 is 1.12 bits per heavy atom. The number of aryl methyl sites for hydroxylation is 2. The summed E-state index contributed by atoms with van der Waals surface area (Å²) >= 11 is 0. The first-order valence-corrected chi connectivity index (χ1v) is 11.3. The molecule has 1 amide bonds. The van der Waals surface area contributed by atoms with Crippen LogP contribution in [0, 0.1) is 6.92 Å². The van der Waals surface area contributed by atoms with E-state index in [1.807, 2.05) is 6.92 Å². The van der Waals surface area contributed by atoms with E-state index < -0.39 is 27.9 Å². The number of nitrogens with one attached hydrogen (secondary N) is 1. The van der Waals surface area contributed by atoms with Gasteiger partial charge >= 0.3 is 5.97 Å². The minimum atomic E-state index is -4.00. The van der Waals surface area contributed by atoms with Crippen molar-refractivity contribution < 1.29 is 28.2 Å². The third kappa shape index (κ3) is 5.14. The third-order valence-corrected chi connectivity index (χ3v) is 6.87. The van der Waals surface area contributed by atoms with Crippen LogP contribution in [0.3, 0.4) is 0 Å². The van der Waals surface area contributed by atoms with Gasteiger partial charge in [-0.25, -0.2) is 13.2 Å². The molecule has 0 saturated carbocycles. The zero-order chi connectivity index (χ0) is 24.3. The summed E-state index contributed by atoms with van der Waals surface area (Å²) in [6.07, 6.45) is 1.15. The molecule has 0 aliphatic heterocycles. The van der Waals surface area contributed by atoms with Gasteiger partial charge in [0.1, 0.15) is 17.4 Å². The number of carboxylic acid groups (broad SMARTS) is 1. The van der Waals surface area contributed by atoms with Gasteiger partial charge in [0, 0.05) is 20.5 Å². The van der Waals surface area contributed by atoms with E-state index in [9.17, 15) is 28.2 Å². The van der Waals surface area contributed by atoms with Crippen LogP contribution in [0.5, 0.6) is 5.75 Å². The molecule has 3 N–H and O–H groups in total. The van der Waals surface area contributed by atoms with Crippen LogP contribution in [0.2, 0.25) is 0 Å². The molecule has 0 aliphatic carbocycles. The van der Waals surface area contributed by atoms with Crippen molar-refractivity contribution in [3.8, 4) is 5.75 Å². The maximum absolute atomic E-state index is 13.1. The summed E-state index contributed by atoms with van der Waals surface area (Å²) in [7, 11) is -1.22. The van der Waals surface area contributed by atoms with Gasteiger partial charge in [0.15, 0.2) is 5.82 Å². The highest BCUT2D eigenvalue weighted by Gasteiger charge is 2.30. The van der Waals surface area contributed by atoms with E-state index in [-0.39, 0.29) is 28.4 Å². The number of carbonyl (C=O) groups excluding carboxylic acids is 1. The van der Waals surface area contributed by atoms with Crippen LogP contribution in [-0.2, 0) is 28.3 Å². The minimum Gasteiger partial charge on any atom is -0.508 e. The molecule has 3 rings (SSSR count). The van der Waals surface area contributed by atoms with Crippen molar-refractivity contribution in [1.29, 1.82) is 0 Å². The molecule has 0 spiro atoms. The lowest BCUT2D eigenvalue weighted by atomic mass is 10.1. The third-order valence-electron chi connectivity index (χ3n) is 5.11. The van der Waals surface area contributed by atoms with Gasteiger partial charge in [0.2, 0.25) is 0 Å². The quantitative estimate of drug-likeness (QED) is 0.453. The number of carboxylic acids is 1. The van der Waals surface area contributed by atoms with Gasteiger partial charge in [0.25, 0.3) is 15.9 Å². The number of hydrogen-bond donors (Lipinski definition) is 3. The van der Waals surface area contributed by atoms with Crippen molar-refractivity contribution in [2.75, 3.05) is 11.4 Å². The summed E-state index contributed by atoms with van der Waals surface area (Å²) < 4.78 is 28.4. The normalized spacial score (nSPS) is 12.2. The van der Waals surface area contributed by atoms with E-state index in [0.29, 0.717) is 5.56 Å². The number of aliphatic carboxylic acids is 1. The molecule has 0 saturated heterocycles. The monoisotopic (exact) mass is 472 g/mol. The van der Waals surface area contributed by atoms with Crippen molar-refractivity contribution in [2.24, 2.45) is 7.05 Å². The summed E-state index contributed by atoms with van der Waals surface area (Å²) in [5, 5.41) is 25.4. The number of nitrogens with zero attached hydrogens (tertiary/aromatic N) is 3. The van der Waals surface area contributed by atoms with Gasteiger partial charge in [0.05, 0.1) is 11.1 Å². The molecule has 2 aromatic carbocycles. The second-order valence-electron chi connectivity index (χ2n) is 7.53. The number of benzene rings is 2. The Hall–Kier alpha value is -3.86. The fourth-order valence-corrected chi connectivity index (χ4v) is 4.49. The summed E-state index contributed by atoms with van der Waals surface area (Å²) in [6, 6.07) is 10.9. The van der Waals surface area contributed by atoms with Gasteiger partial charge in [-0.2, -0.15) is 5.10 Å². The maximum Gasteiger partial charge on any atom is 0.326 e. The lowest BCUT2D eigenvalue weighted by molar-refractivity contribution is -0.139. The van der Waals surface area contributed by atoms with Crippen LogP contribution < -0.4 is 9.62 Å². The van der Waals surface area contributed by atoms with Gasteiger partial charge in [-0.15, -0.1) is 0 Å². The number of amides is 1. The molecule has 33 heavy (non-hydrogen) atoms. The van der Waals surface area contributed by atoms with Gasteiger partial charge in [-0.05, 0) is 36.8 Å². The van der Waals surface area contributed by atoms with Crippen LogP contribution in [0.4, 0.5) is 5.82 Å². The molecule has 1 heterocycles. The molecule has 1 unspecified atom stereocenters. The molecular formula is C22H24N4O6S. The standard InChI is InChI=1S/C22H24N4O6S/c1-14-4-10-17(11-5-14)33(31,32)26(3)21-18(13-23-25(21)2)20(28)24-19(22(29)30)12-15-6-8-16(27)9-7-15/h4-11,13,19,27H,12H2,1-3H3,(H,24,28)(H,29,30). The smallest absolute Gasteiger partial charge is 0.326 e. The van der Waals surface area contributed by atoms with E-state index in [4.69, 9.17) is 0 Å². The fourth-order valence-electron chi connectivity index (χ4n) is 3.25. The molecule has 174 valence electrons. The number of aromatic hydroxyl groups is 1. The van der Waals surface area contributed by atoms with Crippen molar-refractivity contribution in [3.05, 3.63) is 71.4 Å². The summed E-state index contributed by atoms with van der Waals surface area (Å²) in [4.78, 5) is 24.7. The zero-order valence-electron chi connectivity index (χ0n) is 18.3. The van der Waals surface area contributed by atoms with E-state index in [0.717, 1.165) is 9.87 Å². The number of sulfonamides is 1. The molecule has 0 aliphatic rings. The van der Waals surface area contributed by atoms with Crippen molar-refractivity contribution in [2.45, 2.75) is 24.3 Å². The summed E-state index contributed by atoms with van der Waals surface area (Å²) in [6.45, 7) is 1.83. The average Bonchev–Trinajstić information content (AvgIpc) is 3.15. The molecule has 1 aromatic heterocycles. The average molecular weight is 473 g/mol. The second kappa shape index (κ2) is 9.33. The molecule has 1 atom stereocenters. The largest absolute Gasteiger partial charge is 0.508 e. The Balaban J connectivity index is 1.88. The van der Waals surface area contributed by atoms with E-state index in [2.05, 4.69) is 10.4 Å².